The second kappa shape index (κ2) is 3.87. The number of halogens is 1. The Kier molecular flexibility index (Phi) is 3.34. The predicted molar refractivity (Wildman–Crippen MR) is 50.3 cm³/mol. The molecule has 0 aliphatic carbocycles. The minimum Gasteiger partial charge on any atom is -0.373 e. The van der Waals surface area contributed by atoms with Crippen LogP contribution in [0.25, 0.3) is 0 Å². The third kappa shape index (κ3) is 3.09. The molecule has 3 heteroatoms. The van der Waals surface area contributed by atoms with Gasteiger partial charge >= 0.3 is 0 Å². The van der Waals surface area contributed by atoms with Crippen molar-refractivity contribution in [3.8, 4) is 0 Å². The van der Waals surface area contributed by atoms with Crippen LogP contribution < -0.4 is 0 Å². The molecule has 1 heterocycles. The summed E-state index contributed by atoms with van der Waals surface area (Å²) in [6.07, 6.45) is 0. The van der Waals surface area contributed by atoms with Crippen molar-refractivity contribution in [2.45, 2.75) is 19.4 Å². The number of hydrogen-bond acceptors (Lipinski definition) is 2. The van der Waals surface area contributed by atoms with E-state index >= 15 is 0 Å². The Bertz CT molecular complexity index is 125. The fourth-order valence-electron chi connectivity index (χ4n) is 1.42. The summed E-state index contributed by atoms with van der Waals surface area (Å²) in [4.78, 5) is 2.43. The molecule has 1 aliphatic rings. The van der Waals surface area contributed by atoms with Crippen LogP contribution in [-0.2, 0) is 4.74 Å². The van der Waals surface area contributed by atoms with Gasteiger partial charge in [0.15, 0.2) is 0 Å². The van der Waals surface area contributed by atoms with Gasteiger partial charge in [0, 0.05) is 25.0 Å². The number of hydrogen-bond donors (Lipinski definition) is 0. The van der Waals surface area contributed by atoms with Gasteiger partial charge < -0.3 is 4.74 Å². The van der Waals surface area contributed by atoms with E-state index in [9.17, 15) is 0 Å². The molecule has 0 amide bonds. The number of morpholine rings is 1. The Morgan fingerprint density at radius 1 is 1.55 bits per heavy atom. The largest absolute Gasteiger partial charge is 0.373 e. The summed E-state index contributed by atoms with van der Waals surface area (Å²) in [7, 11) is 0. The monoisotopic (exact) mass is 221 g/mol. The average molecular weight is 222 g/mol. The van der Waals surface area contributed by atoms with Crippen molar-refractivity contribution >= 4 is 15.9 Å². The normalized spacial score (nSPS) is 25.4. The Labute approximate surface area is 77.0 Å². The second-order valence-electron chi connectivity index (χ2n) is 3.57. The summed E-state index contributed by atoms with van der Waals surface area (Å²) in [5.41, 5.74) is 0.0560. The highest BCUT2D eigenvalue weighted by Crippen LogP contribution is 2.15. The summed E-state index contributed by atoms with van der Waals surface area (Å²) in [5.74, 6) is 0. The van der Waals surface area contributed by atoms with Crippen LogP contribution in [0.5, 0.6) is 0 Å². The van der Waals surface area contributed by atoms with E-state index in [1.54, 1.807) is 0 Å². The van der Waals surface area contributed by atoms with Crippen LogP contribution in [0.1, 0.15) is 13.8 Å². The summed E-state index contributed by atoms with van der Waals surface area (Å²) in [6, 6.07) is 0. The molecule has 1 aliphatic heterocycles. The van der Waals surface area contributed by atoms with Gasteiger partial charge in [0.05, 0.1) is 12.2 Å². The fraction of sp³-hybridized carbons (Fsp3) is 1.00. The van der Waals surface area contributed by atoms with Crippen molar-refractivity contribution in [3.05, 3.63) is 0 Å². The molecule has 0 N–H and O–H groups in total. The van der Waals surface area contributed by atoms with Crippen LogP contribution in [0.3, 0.4) is 0 Å². The van der Waals surface area contributed by atoms with Gasteiger partial charge in [0.1, 0.15) is 0 Å². The van der Waals surface area contributed by atoms with E-state index in [0.717, 1.165) is 31.6 Å². The lowest BCUT2D eigenvalue weighted by Gasteiger charge is -2.37. The molecule has 0 unspecified atom stereocenters. The minimum absolute atomic E-state index is 0.0560. The molecule has 0 aromatic carbocycles. The Balaban J connectivity index is 2.34. The summed E-state index contributed by atoms with van der Waals surface area (Å²) in [5, 5.41) is 1.06. The summed E-state index contributed by atoms with van der Waals surface area (Å²) in [6.45, 7) is 8.43. The first kappa shape index (κ1) is 9.49. The van der Waals surface area contributed by atoms with Crippen molar-refractivity contribution in [2.24, 2.45) is 0 Å². The summed E-state index contributed by atoms with van der Waals surface area (Å²) >= 11 is 3.44. The molecule has 1 rings (SSSR count). The average Bonchev–Trinajstić information content (AvgIpc) is 1.85. The molecule has 0 saturated carbocycles. The zero-order valence-corrected chi connectivity index (χ0v) is 8.85. The Hall–Kier alpha value is 0.400. The van der Waals surface area contributed by atoms with E-state index in [2.05, 4.69) is 34.7 Å². The van der Waals surface area contributed by atoms with E-state index in [-0.39, 0.29) is 5.60 Å². The van der Waals surface area contributed by atoms with Crippen molar-refractivity contribution in [1.29, 1.82) is 0 Å². The van der Waals surface area contributed by atoms with Gasteiger partial charge in [0.25, 0.3) is 0 Å². The molecule has 0 aromatic rings. The Morgan fingerprint density at radius 3 is 2.82 bits per heavy atom. The second-order valence-corrected chi connectivity index (χ2v) is 4.37. The van der Waals surface area contributed by atoms with Crippen LogP contribution in [0.4, 0.5) is 0 Å². The van der Waals surface area contributed by atoms with Gasteiger partial charge in [0.2, 0.25) is 0 Å². The standard InChI is InChI=1S/C8H16BrNO/c1-8(2)7-10(4-3-9)5-6-11-8/h3-7H2,1-2H3. The molecule has 1 saturated heterocycles. The molecule has 1 fully saturated rings. The highest BCUT2D eigenvalue weighted by atomic mass is 79.9. The number of alkyl halides is 1. The van der Waals surface area contributed by atoms with E-state index in [4.69, 9.17) is 4.74 Å². The number of rotatable bonds is 2. The van der Waals surface area contributed by atoms with Gasteiger partial charge in [-0.3, -0.25) is 4.90 Å². The molecule has 0 spiro atoms. The van der Waals surface area contributed by atoms with E-state index in [0.29, 0.717) is 0 Å². The molecular weight excluding hydrogens is 206 g/mol. The first-order valence-electron chi connectivity index (χ1n) is 4.06. The Morgan fingerprint density at radius 2 is 2.27 bits per heavy atom. The topological polar surface area (TPSA) is 12.5 Å². The molecule has 0 bridgehead atoms. The maximum atomic E-state index is 5.58. The van der Waals surface area contributed by atoms with Crippen molar-refractivity contribution in [2.75, 3.05) is 31.6 Å². The van der Waals surface area contributed by atoms with Gasteiger partial charge in [-0.15, -0.1) is 0 Å². The van der Waals surface area contributed by atoms with E-state index < -0.39 is 0 Å². The van der Waals surface area contributed by atoms with Crippen LogP contribution in [0, 0.1) is 0 Å². The van der Waals surface area contributed by atoms with Crippen LogP contribution >= 0.6 is 15.9 Å². The van der Waals surface area contributed by atoms with Gasteiger partial charge in [-0.1, -0.05) is 15.9 Å². The third-order valence-electron chi connectivity index (χ3n) is 1.91. The van der Waals surface area contributed by atoms with Gasteiger partial charge in [-0.2, -0.15) is 0 Å². The molecule has 0 atom stereocenters. The maximum absolute atomic E-state index is 5.58. The fourth-order valence-corrected chi connectivity index (χ4v) is 1.93. The van der Waals surface area contributed by atoms with E-state index in [1.165, 1.54) is 0 Å². The zero-order valence-electron chi connectivity index (χ0n) is 7.27. The first-order chi connectivity index (χ1) is 5.14. The lowest BCUT2D eigenvalue weighted by molar-refractivity contribution is -0.0842. The SMILES string of the molecule is CC1(C)CN(CCBr)CCO1. The van der Waals surface area contributed by atoms with Gasteiger partial charge in [-0.25, -0.2) is 0 Å². The summed E-state index contributed by atoms with van der Waals surface area (Å²) < 4.78 is 5.58. The molecule has 0 aromatic heterocycles. The first-order valence-corrected chi connectivity index (χ1v) is 5.18. The molecule has 11 heavy (non-hydrogen) atoms. The highest BCUT2D eigenvalue weighted by molar-refractivity contribution is 9.09. The molecular formula is C8H16BrNO. The number of nitrogens with zero attached hydrogens (tertiary/aromatic N) is 1. The minimum atomic E-state index is 0.0560. The third-order valence-corrected chi connectivity index (χ3v) is 2.26. The van der Waals surface area contributed by atoms with Crippen molar-refractivity contribution in [1.82, 2.24) is 4.90 Å². The van der Waals surface area contributed by atoms with E-state index in [1.807, 2.05) is 0 Å². The smallest absolute Gasteiger partial charge is 0.0753 e. The van der Waals surface area contributed by atoms with Crippen LogP contribution in [0.2, 0.25) is 0 Å². The molecule has 0 radical (unpaired) electrons. The highest BCUT2D eigenvalue weighted by Gasteiger charge is 2.26. The van der Waals surface area contributed by atoms with Crippen molar-refractivity contribution < 1.29 is 4.74 Å². The van der Waals surface area contributed by atoms with Crippen LogP contribution in [0.15, 0.2) is 0 Å². The molecule has 2 nitrogen and oxygen atoms in total. The van der Waals surface area contributed by atoms with Crippen molar-refractivity contribution in [3.63, 3.8) is 0 Å². The van der Waals surface area contributed by atoms with Gasteiger partial charge in [-0.05, 0) is 13.8 Å². The lowest BCUT2D eigenvalue weighted by atomic mass is 10.1. The quantitative estimate of drug-likeness (QED) is 0.656. The zero-order chi connectivity index (χ0) is 8.32. The lowest BCUT2D eigenvalue weighted by Crippen LogP contribution is -2.48. The molecule has 66 valence electrons. The number of ether oxygens (including phenoxy) is 1. The predicted octanol–water partition coefficient (Wildman–Crippen LogP) is 1.49. The van der Waals surface area contributed by atoms with Crippen LogP contribution in [-0.4, -0.2) is 42.1 Å². The maximum Gasteiger partial charge on any atom is 0.0753 e.